The lowest BCUT2D eigenvalue weighted by Crippen LogP contribution is -2.50. The maximum absolute atomic E-state index is 12.6. The van der Waals surface area contributed by atoms with E-state index in [2.05, 4.69) is 10.6 Å². The van der Waals surface area contributed by atoms with Crippen molar-refractivity contribution >= 4 is 17.8 Å². The number of carbonyl (C=O) groups is 3. The minimum Gasteiger partial charge on any atom is -0.467 e. The molecule has 0 radical (unpaired) electrons. The van der Waals surface area contributed by atoms with Crippen molar-refractivity contribution in [3.05, 3.63) is 24.2 Å². The SMILES string of the molecule is CC(NC(=O)CN1CCC2(C1)NC(=O)N(C(C)C)C2=O)c1ccco1. The van der Waals surface area contributed by atoms with E-state index in [0.717, 1.165) is 0 Å². The summed E-state index contributed by atoms with van der Waals surface area (Å²) in [7, 11) is 0. The van der Waals surface area contributed by atoms with Gasteiger partial charge in [-0.3, -0.25) is 19.4 Å². The molecule has 2 aliphatic heterocycles. The van der Waals surface area contributed by atoms with Crippen LogP contribution in [0.25, 0.3) is 0 Å². The van der Waals surface area contributed by atoms with E-state index in [1.165, 1.54) is 4.90 Å². The Labute approximate surface area is 146 Å². The Morgan fingerprint density at radius 3 is 2.76 bits per heavy atom. The number of nitrogens with zero attached hydrogens (tertiary/aromatic N) is 2. The lowest BCUT2D eigenvalue weighted by Gasteiger charge is -2.23. The third-order valence-corrected chi connectivity index (χ3v) is 4.77. The third-order valence-electron chi connectivity index (χ3n) is 4.77. The molecular formula is C17H24N4O4. The van der Waals surface area contributed by atoms with Crippen LogP contribution in [-0.4, -0.2) is 58.9 Å². The molecule has 2 aliphatic rings. The molecule has 2 saturated heterocycles. The molecule has 2 N–H and O–H groups in total. The van der Waals surface area contributed by atoms with E-state index < -0.39 is 5.54 Å². The minimum atomic E-state index is -0.895. The second kappa shape index (κ2) is 6.51. The largest absolute Gasteiger partial charge is 0.467 e. The number of hydrogen-bond acceptors (Lipinski definition) is 5. The first-order valence-corrected chi connectivity index (χ1v) is 8.53. The number of nitrogens with one attached hydrogen (secondary N) is 2. The van der Waals surface area contributed by atoms with Crippen LogP contribution >= 0.6 is 0 Å². The summed E-state index contributed by atoms with van der Waals surface area (Å²) in [4.78, 5) is 40.1. The summed E-state index contributed by atoms with van der Waals surface area (Å²) >= 11 is 0. The number of amides is 4. The highest BCUT2D eigenvalue weighted by molar-refractivity contribution is 6.07. The van der Waals surface area contributed by atoms with Gasteiger partial charge in [-0.2, -0.15) is 0 Å². The molecule has 0 bridgehead atoms. The van der Waals surface area contributed by atoms with Crippen LogP contribution in [-0.2, 0) is 9.59 Å². The Kier molecular flexibility index (Phi) is 4.55. The molecule has 2 unspecified atom stereocenters. The quantitative estimate of drug-likeness (QED) is 0.770. The average Bonchev–Trinajstić information content (AvgIpc) is 3.21. The molecule has 1 spiro atoms. The second-order valence-electron chi connectivity index (χ2n) is 7.05. The van der Waals surface area contributed by atoms with Crippen molar-refractivity contribution in [2.24, 2.45) is 0 Å². The fourth-order valence-corrected chi connectivity index (χ4v) is 3.51. The van der Waals surface area contributed by atoms with Crippen LogP contribution in [0.3, 0.4) is 0 Å². The lowest BCUT2D eigenvalue weighted by atomic mass is 9.98. The van der Waals surface area contributed by atoms with Gasteiger partial charge in [0.2, 0.25) is 5.91 Å². The Balaban J connectivity index is 1.57. The van der Waals surface area contributed by atoms with Gasteiger partial charge in [-0.15, -0.1) is 0 Å². The van der Waals surface area contributed by atoms with E-state index in [9.17, 15) is 14.4 Å². The number of furan rings is 1. The van der Waals surface area contributed by atoms with Crippen LogP contribution in [0.15, 0.2) is 22.8 Å². The van der Waals surface area contributed by atoms with Gasteiger partial charge >= 0.3 is 6.03 Å². The number of hydrogen-bond donors (Lipinski definition) is 2. The molecule has 2 atom stereocenters. The summed E-state index contributed by atoms with van der Waals surface area (Å²) in [6.45, 7) is 6.59. The molecule has 4 amide bonds. The maximum Gasteiger partial charge on any atom is 0.325 e. The van der Waals surface area contributed by atoms with Crippen molar-refractivity contribution < 1.29 is 18.8 Å². The summed E-state index contributed by atoms with van der Waals surface area (Å²) in [6.07, 6.45) is 2.08. The van der Waals surface area contributed by atoms with Gasteiger partial charge in [0, 0.05) is 19.1 Å². The summed E-state index contributed by atoms with van der Waals surface area (Å²) in [5.74, 6) is 0.356. The molecule has 8 nitrogen and oxygen atoms in total. The van der Waals surface area contributed by atoms with E-state index in [1.54, 1.807) is 12.3 Å². The van der Waals surface area contributed by atoms with Crippen molar-refractivity contribution in [1.82, 2.24) is 20.4 Å². The van der Waals surface area contributed by atoms with Gasteiger partial charge in [-0.25, -0.2) is 4.79 Å². The summed E-state index contributed by atoms with van der Waals surface area (Å²) in [5, 5.41) is 5.70. The molecule has 8 heteroatoms. The van der Waals surface area contributed by atoms with Crippen LogP contribution in [0, 0.1) is 0 Å². The first-order chi connectivity index (χ1) is 11.8. The van der Waals surface area contributed by atoms with E-state index in [4.69, 9.17) is 4.42 Å². The van der Waals surface area contributed by atoms with Gasteiger partial charge in [-0.1, -0.05) is 0 Å². The van der Waals surface area contributed by atoms with Crippen molar-refractivity contribution in [3.63, 3.8) is 0 Å². The summed E-state index contributed by atoms with van der Waals surface area (Å²) in [6, 6.07) is 2.83. The zero-order valence-electron chi connectivity index (χ0n) is 14.7. The minimum absolute atomic E-state index is 0.140. The number of rotatable bonds is 5. The highest BCUT2D eigenvalue weighted by Crippen LogP contribution is 2.29. The van der Waals surface area contributed by atoms with Crippen molar-refractivity contribution in [3.8, 4) is 0 Å². The second-order valence-corrected chi connectivity index (χ2v) is 7.05. The van der Waals surface area contributed by atoms with Crippen molar-refractivity contribution in [1.29, 1.82) is 0 Å². The predicted octanol–water partition coefficient (Wildman–Crippen LogP) is 0.862. The van der Waals surface area contributed by atoms with Crippen LogP contribution in [0.2, 0.25) is 0 Å². The smallest absolute Gasteiger partial charge is 0.325 e. The molecule has 3 rings (SSSR count). The van der Waals surface area contributed by atoms with Gasteiger partial charge in [0.25, 0.3) is 5.91 Å². The zero-order valence-corrected chi connectivity index (χ0v) is 14.7. The topological polar surface area (TPSA) is 94.9 Å². The van der Waals surface area contributed by atoms with Crippen LogP contribution < -0.4 is 10.6 Å². The van der Waals surface area contributed by atoms with Crippen LogP contribution in [0.1, 0.15) is 39.0 Å². The summed E-state index contributed by atoms with van der Waals surface area (Å²) < 4.78 is 5.28. The van der Waals surface area contributed by atoms with Crippen LogP contribution in [0.5, 0.6) is 0 Å². The number of carbonyl (C=O) groups excluding carboxylic acids is 3. The molecule has 2 fully saturated rings. The number of urea groups is 1. The number of likely N-dealkylation sites (tertiary alicyclic amines) is 1. The van der Waals surface area contributed by atoms with Gasteiger partial charge in [0.1, 0.15) is 11.3 Å². The average molecular weight is 348 g/mol. The highest BCUT2D eigenvalue weighted by Gasteiger charge is 2.55. The molecule has 1 aromatic rings. The zero-order chi connectivity index (χ0) is 18.2. The molecule has 1 aromatic heterocycles. The van der Waals surface area contributed by atoms with Crippen LogP contribution in [0.4, 0.5) is 4.79 Å². The van der Waals surface area contributed by atoms with E-state index >= 15 is 0 Å². The van der Waals surface area contributed by atoms with Crippen molar-refractivity contribution in [2.75, 3.05) is 19.6 Å². The van der Waals surface area contributed by atoms with Crippen molar-refractivity contribution in [2.45, 2.75) is 44.8 Å². The molecule has 3 heterocycles. The third kappa shape index (κ3) is 3.26. The van der Waals surface area contributed by atoms with E-state index in [-0.39, 0.29) is 36.5 Å². The molecule has 0 aromatic carbocycles. The van der Waals surface area contributed by atoms with E-state index in [1.807, 2.05) is 31.7 Å². The normalized spacial score (nSPS) is 25.0. The van der Waals surface area contributed by atoms with Gasteiger partial charge in [0.05, 0.1) is 18.8 Å². The molecular weight excluding hydrogens is 324 g/mol. The van der Waals surface area contributed by atoms with Gasteiger partial charge < -0.3 is 15.1 Å². The first kappa shape index (κ1) is 17.5. The first-order valence-electron chi connectivity index (χ1n) is 8.53. The van der Waals surface area contributed by atoms with Gasteiger partial charge in [-0.05, 0) is 39.3 Å². The maximum atomic E-state index is 12.6. The summed E-state index contributed by atoms with van der Waals surface area (Å²) in [5.41, 5.74) is -0.895. The highest BCUT2D eigenvalue weighted by atomic mass is 16.3. The molecule has 136 valence electrons. The predicted molar refractivity (Wildman–Crippen MR) is 89.6 cm³/mol. The fourth-order valence-electron chi connectivity index (χ4n) is 3.51. The van der Waals surface area contributed by atoms with E-state index in [0.29, 0.717) is 25.3 Å². The molecule has 0 saturated carbocycles. The lowest BCUT2D eigenvalue weighted by molar-refractivity contribution is -0.132. The Morgan fingerprint density at radius 2 is 2.16 bits per heavy atom. The monoisotopic (exact) mass is 348 g/mol. The van der Waals surface area contributed by atoms with Gasteiger partial charge in [0.15, 0.2) is 0 Å². The fraction of sp³-hybridized carbons (Fsp3) is 0.588. The molecule has 0 aliphatic carbocycles. The Bertz CT molecular complexity index is 672. The Morgan fingerprint density at radius 1 is 1.40 bits per heavy atom. The standard InChI is InChI=1S/C17H24N4O4/c1-11(2)21-15(23)17(19-16(21)24)6-7-20(10-17)9-14(22)18-12(3)13-5-4-8-25-13/h4-5,8,11-12H,6-7,9-10H2,1-3H3,(H,18,22)(H,19,24). The molecule has 25 heavy (non-hydrogen) atoms. The number of imide groups is 1. The Hall–Kier alpha value is -2.35.